The van der Waals surface area contributed by atoms with E-state index in [0.29, 0.717) is 22.5 Å². The van der Waals surface area contributed by atoms with E-state index in [1.807, 2.05) is 60.7 Å². The Morgan fingerprint density at radius 1 is 0.551 bits per heavy atom. The lowest BCUT2D eigenvalue weighted by Crippen LogP contribution is -2.41. The molecule has 7 nitrogen and oxygen atoms in total. The fourth-order valence-corrected chi connectivity index (χ4v) is 6.39. The van der Waals surface area contributed by atoms with Crippen molar-refractivity contribution in [3.8, 4) is 45.9 Å². The van der Waals surface area contributed by atoms with E-state index >= 15 is 0 Å². The Hall–Kier alpha value is -5.93. The van der Waals surface area contributed by atoms with E-state index in [-0.39, 0.29) is 0 Å². The number of hydrogen-bond acceptors (Lipinski definition) is 7. The Kier molecular flexibility index (Phi) is 7.05. The fourth-order valence-electron chi connectivity index (χ4n) is 6.39. The molecule has 1 aliphatic rings. The number of benzene rings is 5. The van der Waals surface area contributed by atoms with Gasteiger partial charge < -0.3 is 9.31 Å². The molecule has 0 bridgehead atoms. The summed E-state index contributed by atoms with van der Waals surface area (Å²) in [5, 5.41) is 21.7. The maximum Gasteiger partial charge on any atom is 0.494 e. The minimum Gasteiger partial charge on any atom is -0.399 e. The summed E-state index contributed by atoms with van der Waals surface area (Å²) in [5.74, 6) is 0. The molecule has 8 rings (SSSR count). The first-order valence-electron chi connectivity index (χ1n) is 16.2. The van der Waals surface area contributed by atoms with Crippen LogP contribution in [0, 0.1) is 22.7 Å². The van der Waals surface area contributed by atoms with Gasteiger partial charge in [-0.3, -0.25) is 0 Å². The largest absolute Gasteiger partial charge is 0.494 e. The summed E-state index contributed by atoms with van der Waals surface area (Å²) < 4.78 is 12.8. The summed E-state index contributed by atoms with van der Waals surface area (Å²) in [6.45, 7) is 8.22. The second-order valence-corrected chi connectivity index (χ2v) is 13.3. The van der Waals surface area contributed by atoms with Crippen molar-refractivity contribution < 1.29 is 9.31 Å². The minimum absolute atomic E-state index is 0.456. The van der Waals surface area contributed by atoms with E-state index in [1.54, 1.807) is 24.3 Å². The number of hydrogen-bond donors (Lipinski definition) is 0. The highest BCUT2D eigenvalue weighted by atomic mass is 16.7. The van der Waals surface area contributed by atoms with Gasteiger partial charge in [0.15, 0.2) is 0 Å². The van der Waals surface area contributed by atoms with Gasteiger partial charge in [-0.15, -0.1) is 0 Å². The van der Waals surface area contributed by atoms with E-state index in [9.17, 15) is 10.5 Å². The SMILES string of the molecule is CC1(C)OB(c2cccc(-c3nc4ccccc4c4c3ccc3nc(-c5ccc(C#N)cc5)c(-c5ccc(C#N)cc5)nc34)c2)OC1(C)C. The molecule has 5 aromatic carbocycles. The van der Waals surface area contributed by atoms with Crippen LogP contribution in [-0.4, -0.2) is 33.3 Å². The van der Waals surface area contributed by atoms with Gasteiger partial charge >= 0.3 is 7.12 Å². The second-order valence-electron chi connectivity index (χ2n) is 13.3. The number of fused-ring (bicyclic) bond motifs is 5. The molecule has 1 aliphatic heterocycles. The van der Waals surface area contributed by atoms with Gasteiger partial charge in [0.2, 0.25) is 0 Å². The molecule has 0 amide bonds. The summed E-state index contributed by atoms with van der Waals surface area (Å²) in [4.78, 5) is 15.8. The lowest BCUT2D eigenvalue weighted by atomic mass is 9.78. The Morgan fingerprint density at radius 3 is 1.78 bits per heavy atom. The van der Waals surface area contributed by atoms with Crippen LogP contribution >= 0.6 is 0 Å². The molecule has 0 spiro atoms. The van der Waals surface area contributed by atoms with Crippen LogP contribution < -0.4 is 5.46 Å². The second kappa shape index (κ2) is 11.4. The molecule has 7 aromatic rings. The Balaban J connectivity index is 1.38. The van der Waals surface area contributed by atoms with Crippen LogP contribution in [0.3, 0.4) is 0 Å². The van der Waals surface area contributed by atoms with Gasteiger partial charge in [0, 0.05) is 32.8 Å². The first kappa shape index (κ1) is 30.4. The van der Waals surface area contributed by atoms with E-state index in [1.165, 1.54) is 0 Å². The third kappa shape index (κ3) is 5.10. The van der Waals surface area contributed by atoms with Crippen LogP contribution in [0.25, 0.3) is 66.5 Å². The Labute approximate surface area is 284 Å². The van der Waals surface area contributed by atoms with Crippen LogP contribution in [0.15, 0.2) is 109 Å². The number of rotatable bonds is 4. The van der Waals surface area contributed by atoms with Crippen molar-refractivity contribution in [1.29, 1.82) is 10.5 Å². The maximum absolute atomic E-state index is 9.46. The highest BCUT2D eigenvalue weighted by Crippen LogP contribution is 2.40. The molecule has 49 heavy (non-hydrogen) atoms. The molecule has 234 valence electrons. The number of para-hydroxylation sites is 1. The van der Waals surface area contributed by atoms with Crippen LogP contribution in [0.4, 0.5) is 0 Å². The van der Waals surface area contributed by atoms with Crippen molar-refractivity contribution >= 4 is 45.3 Å². The molecule has 1 saturated heterocycles. The van der Waals surface area contributed by atoms with Gasteiger partial charge in [-0.2, -0.15) is 10.5 Å². The number of nitriles is 2. The molecule has 0 saturated carbocycles. The van der Waals surface area contributed by atoms with Crippen LogP contribution in [0.2, 0.25) is 0 Å². The molecule has 2 aromatic heterocycles. The molecule has 3 heterocycles. The zero-order valence-electron chi connectivity index (χ0n) is 27.5. The number of aromatic nitrogens is 3. The van der Waals surface area contributed by atoms with E-state index in [0.717, 1.165) is 60.6 Å². The lowest BCUT2D eigenvalue weighted by Gasteiger charge is -2.32. The molecular formula is C41H30BN5O2. The van der Waals surface area contributed by atoms with Gasteiger partial charge in [0.25, 0.3) is 0 Å². The van der Waals surface area contributed by atoms with E-state index in [2.05, 4.69) is 64.1 Å². The first-order valence-corrected chi connectivity index (χ1v) is 16.2. The van der Waals surface area contributed by atoms with E-state index < -0.39 is 18.3 Å². The van der Waals surface area contributed by atoms with Gasteiger partial charge in [-0.25, -0.2) is 15.0 Å². The predicted molar refractivity (Wildman–Crippen MR) is 194 cm³/mol. The summed E-state index contributed by atoms with van der Waals surface area (Å²) in [6, 6.07) is 39.5. The van der Waals surface area contributed by atoms with Gasteiger partial charge in [0.05, 0.1) is 68.1 Å². The maximum atomic E-state index is 9.46. The highest BCUT2D eigenvalue weighted by Gasteiger charge is 2.51. The average Bonchev–Trinajstić information content (AvgIpc) is 3.36. The third-order valence-corrected chi connectivity index (χ3v) is 9.76. The summed E-state index contributed by atoms with van der Waals surface area (Å²) in [5.41, 5.74) is 8.28. The quantitative estimate of drug-likeness (QED) is 0.141. The molecule has 0 aliphatic carbocycles. The molecule has 0 radical (unpaired) electrons. The number of pyridine rings is 1. The van der Waals surface area contributed by atoms with Gasteiger partial charge in [-0.1, -0.05) is 66.7 Å². The van der Waals surface area contributed by atoms with Crippen LogP contribution in [0.1, 0.15) is 38.8 Å². The molecule has 0 unspecified atom stereocenters. The fraction of sp³-hybridized carbons (Fsp3) is 0.146. The van der Waals surface area contributed by atoms with Gasteiger partial charge in [-0.05, 0) is 75.6 Å². The van der Waals surface area contributed by atoms with E-state index in [4.69, 9.17) is 24.3 Å². The predicted octanol–water partition coefficient (Wildman–Crippen LogP) is 8.37. The van der Waals surface area contributed by atoms with Crippen molar-refractivity contribution in [2.75, 3.05) is 0 Å². The lowest BCUT2D eigenvalue weighted by molar-refractivity contribution is 0.00578. The topological polar surface area (TPSA) is 105 Å². The summed E-state index contributed by atoms with van der Waals surface area (Å²) >= 11 is 0. The van der Waals surface area contributed by atoms with Crippen molar-refractivity contribution in [3.63, 3.8) is 0 Å². The highest BCUT2D eigenvalue weighted by molar-refractivity contribution is 6.62. The van der Waals surface area contributed by atoms with Crippen LogP contribution in [0.5, 0.6) is 0 Å². The van der Waals surface area contributed by atoms with Crippen molar-refractivity contribution in [2.24, 2.45) is 0 Å². The summed E-state index contributed by atoms with van der Waals surface area (Å²) in [7, 11) is -0.501. The zero-order valence-corrected chi connectivity index (χ0v) is 27.5. The average molecular weight is 636 g/mol. The zero-order chi connectivity index (χ0) is 33.9. The summed E-state index contributed by atoms with van der Waals surface area (Å²) in [6.07, 6.45) is 0. The van der Waals surface area contributed by atoms with Crippen LogP contribution in [-0.2, 0) is 9.31 Å². The van der Waals surface area contributed by atoms with Crippen molar-refractivity contribution in [2.45, 2.75) is 38.9 Å². The Morgan fingerprint density at radius 2 is 1.14 bits per heavy atom. The molecule has 0 N–H and O–H groups in total. The standard InChI is InChI=1S/C41H30BN5O2/c1-40(2)41(3,4)49-42(48-40)30-9-7-8-29(22-30)36-32-20-21-34-39(35(32)31-10-5-6-11-33(31)45-36)47-38(28-18-14-26(24-44)15-19-28)37(46-34)27-16-12-25(23-43)13-17-27/h5-22H,1-4H3. The minimum atomic E-state index is -0.501. The molecule has 0 atom stereocenters. The van der Waals surface area contributed by atoms with Crippen molar-refractivity contribution in [3.05, 3.63) is 120 Å². The molecule has 8 heteroatoms. The first-order chi connectivity index (χ1) is 23.7. The molecular weight excluding hydrogens is 605 g/mol. The number of nitrogens with zero attached hydrogens (tertiary/aromatic N) is 5. The Bertz CT molecular complexity index is 2520. The van der Waals surface area contributed by atoms with Crippen molar-refractivity contribution in [1.82, 2.24) is 15.0 Å². The smallest absolute Gasteiger partial charge is 0.399 e. The molecule has 1 fully saturated rings. The third-order valence-electron chi connectivity index (χ3n) is 9.76. The van der Waals surface area contributed by atoms with Gasteiger partial charge in [0.1, 0.15) is 0 Å². The monoisotopic (exact) mass is 635 g/mol. The normalized spacial score (nSPS) is 15.0.